The maximum atomic E-state index is 12.4. The number of sulfone groups is 1. The van der Waals surface area contributed by atoms with E-state index in [1.165, 1.54) is 11.8 Å². The van der Waals surface area contributed by atoms with Crippen molar-refractivity contribution in [3.8, 4) is 11.5 Å². The molecule has 0 aliphatic carbocycles. The zero-order valence-corrected chi connectivity index (χ0v) is 12.9. The first-order valence-corrected chi connectivity index (χ1v) is 9.18. The number of thioether (sulfide) groups is 1. The van der Waals surface area contributed by atoms with Gasteiger partial charge >= 0.3 is 0 Å². The zero-order valence-electron chi connectivity index (χ0n) is 11.2. The van der Waals surface area contributed by atoms with Crippen LogP contribution in [-0.4, -0.2) is 25.4 Å². The number of nitrogens with one attached hydrogen (secondary N) is 1. The van der Waals surface area contributed by atoms with Crippen LogP contribution in [-0.2, 0) is 9.84 Å². The van der Waals surface area contributed by atoms with E-state index in [4.69, 9.17) is 4.74 Å². The molecule has 4 nitrogen and oxygen atoms in total. The summed E-state index contributed by atoms with van der Waals surface area (Å²) in [4.78, 5) is 0.315. The summed E-state index contributed by atoms with van der Waals surface area (Å²) in [5.41, 5.74) is 0. The van der Waals surface area contributed by atoms with E-state index < -0.39 is 14.5 Å². The number of ether oxygens (including phenoxy) is 1. The Hall–Kier alpha value is -1.50. The van der Waals surface area contributed by atoms with Gasteiger partial charge in [-0.05, 0) is 36.4 Å². The first kappa shape index (κ1) is 14.4. The summed E-state index contributed by atoms with van der Waals surface area (Å²) in [6, 6.07) is 15.9. The average Bonchev–Trinajstić information content (AvgIpc) is 3.04. The number of hydrogen-bond acceptors (Lipinski definition) is 5. The minimum Gasteiger partial charge on any atom is -0.457 e. The Morgan fingerprint density at radius 2 is 1.67 bits per heavy atom. The fourth-order valence-corrected chi connectivity index (χ4v) is 5.17. The van der Waals surface area contributed by atoms with Crippen molar-refractivity contribution < 1.29 is 13.2 Å². The van der Waals surface area contributed by atoms with Gasteiger partial charge in [0.25, 0.3) is 0 Å². The monoisotopic (exact) mass is 321 g/mol. The summed E-state index contributed by atoms with van der Waals surface area (Å²) in [7, 11) is -3.33. The molecule has 2 aromatic rings. The van der Waals surface area contributed by atoms with Crippen LogP contribution in [0, 0.1) is 0 Å². The van der Waals surface area contributed by atoms with Crippen LogP contribution in [0.1, 0.15) is 0 Å². The third-order valence-corrected chi connectivity index (χ3v) is 6.83. The van der Waals surface area contributed by atoms with E-state index in [9.17, 15) is 8.42 Å². The van der Waals surface area contributed by atoms with Crippen molar-refractivity contribution in [1.29, 1.82) is 0 Å². The molecule has 1 unspecified atom stereocenters. The van der Waals surface area contributed by atoms with Gasteiger partial charge < -0.3 is 4.74 Å². The molecule has 1 aliphatic heterocycles. The second-order valence-electron chi connectivity index (χ2n) is 4.59. The van der Waals surface area contributed by atoms with Gasteiger partial charge in [-0.2, -0.15) is 0 Å². The molecule has 1 fully saturated rings. The summed E-state index contributed by atoms with van der Waals surface area (Å²) in [6.07, 6.45) is 0. The van der Waals surface area contributed by atoms with Gasteiger partial charge in [-0.15, -0.1) is 11.8 Å². The third-order valence-electron chi connectivity index (χ3n) is 3.10. The Kier molecular flexibility index (Phi) is 4.19. The third kappa shape index (κ3) is 3.23. The average molecular weight is 321 g/mol. The highest BCUT2D eigenvalue weighted by Crippen LogP contribution is 2.28. The predicted octanol–water partition coefficient (Wildman–Crippen LogP) is 2.87. The van der Waals surface area contributed by atoms with Crippen molar-refractivity contribution in [2.75, 3.05) is 12.3 Å². The molecule has 110 valence electrons. The molecule has 0 radical (unpaired) electrons. The molecule has 6 heteroatoms. The lowest BCUT2D eigenvalue weighted by atomic mass is 10.3. The van der Waals surface area contributed by atoms with Gasteiger partial charge in [-0.3, -0.25) is 5.32 Å². The van der Waals surface area contributed by atoms with Gasteiger partial charge in [-0.25, -0.2) is 8.42 Å². The molecule has 1 heterocycles. The van der Waals surface area contributed by atoms with Gasteiger partial charge in [0.1, 0.15) is 11.5 Å². The van der Waals surface area contributed by atoms with E-state index in [0.717, 1.165) is 18.0 Å². The minimum atomic E-state index is -3.33. The summed E-state index contributed by atoms with van der Waals surface area (Å²) in [6.45, 7) is 0.726. The van der Waals surface area contributed by atoms with Crippen LogP contribution >= 0.6 is 11.8 Å². The number of rotatable bonds is 4. The Balaban J connectivity index is 1.78. The summed E-state index contributed by atoms with van der Waals surface area (Å²) >= 11 is 1.42. The topological polar surface area (TPSA) is 55.4 Å². The molecule has 1 saturated heterocycles. The summed E-state index contributed by atoms with van der Waals surface area (Å²) in [5.74, 6) is 2.16. The number of para-hydroxylation sites is 1. The molecule has 1 aliphatic rings. The lowest BCUT2D eigenvalue weighted by molar-refractivity contribution is 0.482. The molecule has 3 rings (SSSR count). The van der Waals surface area contributed by atoms with Crippen LogP contribution in [0.25, 0.3) is 0 Å². The van der Waals surface area contributed by atoms with Crippen LogP contribution < -0.4 is 10.1 Å². The first-order chi connectivity index (χ1) is 10.2. The minimum absolute atomic E-state index is 0.315. The van der Waals surface area contributed by atoms with Crippen molar-refractivity contribution in [3.63, 3.8) is 0 Å². The largest absolute Gasteiger partial charge is 0.457 e. The highest BCUT2D eigenvalue weighted by Gasteiger charge is 2.30. The Labute approximate surface area is 128 Å². The van der Waals surface area contributed by atoms with Gasteiger partial charge in [-0.1, -0.05) is 18.2 Å². The standard InChI is InChI=1S/C15H15NO3S2/c17-21(18,15-16-10-11-20-15)14-8-6-13(7-9-14)19-12-4-2-1-3-5-12/h1-9,15-16H,10-11H2. The second kappa shape index (κ2) is 6.09. The number of benzene rings is 2. The quantitative estimate of drug-likeness (QED) is 0.938. The molecule has 0 bridgehead atoms. The van der Waals surface area contributed by atoms with Crippen molar-refractivity contribution >= 4 is 21.6 Å². The van der Waals surface area contributed by atoms with Crippen molar-refractivity contribution in [2.24, 2.45) is 0 Å². The molecule has 0 aromatic heterocycles. The molecule has 1 N–H and O–H groups in total. The smallest absolute Gasteiger partial charge is 0.203 e. The normalized spacial score (nSPS) is 18.6. The lowest BCUT2D eigenvalue weighted by Crippen LogP contribution is -2.28. The van der Waals surface area contributed by atoms with Gasteiger partial charge in [0.15, 0.2) is 4.71 Å². The molecule has 0 saturated carbocycles. The molecule has 2 aromatic carbocycles. The lowest BCUT2D eigenvalue weighted by Gasteiger charge is -2.12. The van der Waals surface area contributed by atoms with Crippen LogP contribution in [0.15, 0.2) is 59.5 Å². The van der Waals surface area contributed by atoms with Crippen molar-refractivity contribution in [2.45, 2.75) is 9.60 Å². The highest BCUT2D eigenvalue weighted by atomic mass is 32.3. The molecular formula is C15H15NO3S2. The van der Waals surface area contributed by atoms with Gasteiger partial charge in [0.05, 0.1) is 4.90 Å². The highest BCUT2D eigenvalue weighted by molar-refractivity contribution is 8.13. The fourth-order valence-electron chi connectivity index (χ4n) is 2.05. The summed E-state index contributed by atoms with van der Waals surface area (Å²) < 4.78 is 29.9. The second-order valence-corrected chi connectivity index (χ2v) is 8.13. The van der Waals surface area contributed by atoms with E-state index in [1.807, 2.05) is 30.3 Å². The van der Waals surface area contributed by atoms with E-state index in [1.54, 1.807) is 24.3 Å². The molecule has 1 atom stereocenters. The zero-order chi connectivity index (χ0) is 14.7. The van der Waals surface area contributed by atoms with E-state index >= 15 is 0 Å². The van der Waals surface area contributed by atoms with Gasteiger partial charge in [0.2, 0.25) is 9.84 Å². The molecular weight excluding hydrogens is 306 g/mol. The fraction of sp³-hybridized carbons (Fsp3) is 0.200. The maximum absolute atomic E-state index is 12.4. The molecule has 0 spiro atoms. The molecule has 21 heavy (non-hydrogen) atoms. The summed E-state index contributed by atoms with van der Waals surface area (Å²) in [5, 5.41) is 2.99. The molecule has 0 amide bonds. The predicted molar refractivity (Wildman–Crippen MR) is 84.4 cm³/mol. The Morgan fingerprint density at radius 1 is 1.00 bits per heavy atom. The maximum Gasteiger partial charge on any atom is 0.203 e. The number of hydrogen-bond donors (Lipinski definition) is 1. The van der Waals surface area contributed by atoms with Crippen LogP contribution in [0.2, 0.25) is 0 Å². The van der Waals surface area contributed by atoms with Crippen LogP contribution in [0.4, 0.5) is 0 Å². The van der Waals surface area contributed by atoms with E-state index in [0.29, 0.717) is 10.6 Å². The van der Waals surface area contributed by atoms with Crippen molar-refractivity contribution in [3.05, 3.63) is 54.6 Å². The Morgan fingerprint density at radius 3 is 2.29 bits per heavy atom. The van der Waals surface area contributed by atoms with E-state index in [-0.39, 0.29) is 0 Å². The van der Waals surface area contributed by atoms with Crippen LogP contribution in [0.5, 0.6) is 11.5 Å². The van der Waals surface area contributed by atoms with E-state index in [2.05, 4.69) is 5.32 Å². The SMILES string of the molecule is O=S(=O)(c1ccc(Oc2ccccc2)cc1)C1NCCS1. The first-order valence-electron chi connectivity index (χ1n) is 6.58. The van der Waals surface area contributed by atoms with Gasteiger partial charge in [0, 0.05) is 12.3 Å². The van der Waals surface area contributed by atoms with Crippen LogP contribution in [0.3, 0.4) is 0 Å². The Bertz CT molecular complexity index is 693. The van der Waals surface area contributed by atoms with Crippen molar-refractivity contribution in [1.82, 2.24) is 5.32 Å².